The van der Waals surface area contributed by atoms with Crippen LogP contribution in [0.15, 0.2) is 30.3 Å². The largest absolute Gasteiger partial charge is 0.481 e. The molecule has 0 radical (unpaired) electrons. The minimum absolute atomic E-state index is 0.0176. The number of carbonyl (C=O) groups is 4. The van der Waals surface area contributed by atoms with Gasteiger partial charge in [-0.1, -0.05) is 30.3 Å². The molecular weight excluding hydrogens is 365 g/mol. The first-order valence-electron chi connectivity index (χ1n) is 7.87. The highest BCUT2D eigenvalue weighted by Gasteiger charge is 2.42. The van der Waals surface area contributed by atoms with E-state index >= 15 is 0 Å². The quantitative estimate of drug-likeness (QED) is 0.684. The van der Waals surface area contributed by atoms with Crippen LogP contribution in [0.3, 0.4) is 0 Å². The maximum absolute atomic E-state index is 12.7. The smallest absolute Gasteiger partial charge is 0.411 e. The lowest BCUT2D eigenvalue weighted by molar-refractivity contribution is -0.145. The Labute approximate surface area is 153 Å². The summed E-state index contributed by atoms with van der Waals surface area (Å²) in [6.45, 7) is -1.19. The number of rotatable bonds is 8. The molecule has 1 aromatic rings. The van der Waals surface area contributed by atoms with Crippen molar-refractivity contribution in [3.05, 3.63) is 35.9 Å². The van der Waals surface area contributed by atoms with Crippen LogP contribution in [-0.4, -0.2) is 58.0 Å². The standard InChI is InChI=1S/C17H18FNO6S/c18-9-13(20)12(8-14(21)22)15(23)16-19(6-7-26-16)17(24)25-10-11-4-2-1-3-5-11/h1-5,12,16H,6-10H2,(H,21,22)/t12-,16?/m0/s1. The van der Waals surface area contributed by atoms with Crippen LogP contribution in [0, 0.1) is 5.92 Å². The van der Waals surface area contributed by atoms with E-state index in [-0.39, 0.29) is 13.2 Å². The highest BCUT2D eigenvalue weighted by Crippen LogP contribution is 2.29. The van der Waals surface area contributed by atoms with Crippen molar-refractivity contribution in [2.75, 3.05) is 19.0 Å². The lowest BCUT2D eigenvalue weighted by Gasteiger charge is -2.24. The number of alkyl halides is 1. The Balaban J connectivity index is 2.04. The number of carbonyl (C=O) groups excluding carboxylic acids is 3. The fourth-order valence-electron chi connectivity index (χ4n) is 2.51. The zero-order valence-corrected chi connectivity index (χ0v) is 14.6. The number of amides is 1. The van der Waals surface area contributed by atoms with E-state index < -0.39 is 48.0 Å². The minimum atomic E-state index is -1.61. The SMILES string of the molecule is O=C(O)C[C@@H](C(=O)CF)C(=O)C1SCCN1C(=O)OCc1ccccc1. The maximum Gasteiger partial charge on any atom is 0.411 e. The third-order valence-corrected chi connectivity index (χ3v) is 5.04. The van der Waals surface area contributed by atoms with Gasteiger partial charge in [-0.25, -0.2) is 9.18 Å². The molecule has 2 rings (SSSR count). The van der Waals surface area contributed by atoms with Crippen LogP contribution in [-0.2, 0) is 25.7 Å². The molecule has 2 atom stereocenters. The first-order chi connectivity index (χ1) is 12.4. The van der Waals surface area contributed by atoms with E-state index in [4.69, 9.17) is 9.84 Å². The molecule has 1 unspecified atom stereocenters. The Morgan fingerprint density at radius 1 is 1.27 bits per heavy atom. The molecule has 26 heavy (non-hydrogen) atoms. The topological polar surface area (TPSA) is 101 Å². The number of thioether (sulfide) groups is 1. The van der Waals surface area contributed by atoms with E-state index in [0.29, 0.717) is 5.75 Å². The molecule has 1 amide bonds. The number of aliphatic carboxylic acids is 1. The molecule has 0 saturated carbocycles. The van der Waals surface area contributed by atoms with Crippen molar-refractivity contribution in [1.82, 2.24) is 4.90 Å². The second kappa shape index (κ2) is 9.33. The lowest BCUT2D eigenvalue weighted by Crippen LogP contribution is -2.44. The predicted molar refractivity (Wildman–Crippen MR) is 91.3 cm³/mol. The molecule has 0 bridgehead atoms. The van der Waals surface area contributed by atoms with E-state index in [0.717, 1.165) is 22.2 Å². The van der Waals surface area contributed by atoms with Crippen LogP contribution in [0.1, 0.15) is 12.0 Å². The van der Waals surface area contributed by atoms with E-state index in [1.54, 1.807) is 24.3 Å². The lowest BCUT2D eigenvalue weighted by atomic mass is 9.95. The predicted octanol–water partition coefficient (Wildman–Crippen LogP) is 1.90. The number of Topliss-reactive ketones (excluding diaryl/α,β-unsaturated/α-hetero) is 2. The van der Waals surface area contributed by atoms with Crippen LogP contribution >= 0.6 is 11.8 Å². The Hall–Kier alpha value is -2.42. The summed E-state index contributed by atoms with van der Waals surface area (Å²) in [5.41, 5.74) is 0.770. The number of benzene rings is 1. The summed E-state index contributed by atoms with van der Waals surface area (Å²) in [4.78, 5) is 48.5. The summed E-state index contributed by atoms with van der Waals surface area (Å²) in [6.07, 6.45) is -1.54. The average Bonchev–Trinajstić information content (AvgIpc) is 3.13. The van der Waals surface area contributed by atoms with Crippen molar-refractivity contribution in [2.45, 2.75) is 18.4 Å². The zero-order chi connectivity index (χ0) is 19.1. The minimum Gasteiger partial charge on any atom is -0.481 e. The second-order valence-electron chi connectivity index (χ2n) is 5.61. The first kappa shape index (κ1) is 19.9. The second-order valence-corrected chi connectivity index (χ2v) is 6.80. The molecule has 1 saturated heterocycles. The highest BCUT2D eigenvalue weighted by atomic mass is 32.2. The van der Waals surface area contributed by atoms with Crippen molar-refractivity contribution in [3.63, 3.8) is 0 Å². The number of nitrogens with zero attached hydrogens (tertiary/aromatic N) is 1. The molecule has 7 nitrogen and oxygen atoms in total. The first-order valence-corrected chi connectivity index (χ1v) is 8.92. The zero-order valence-electron chi connectivity index (χ0n) is 13.8. The Bertz CT molecular complexity index is 683. The van der Waals surface area contributed by atoms with Crippen LogP contribution in [0.5, 0.6) is 0 Å². The summed E-state index contributed by atoms with van der Waals surface area (Å²) in [7, 11) is 0. The third-order valence-electron chi connectivity index (χ3n) is 3.82. The van der Waals surface area contributed by atoms with E-state index in [1.807, 2.05) is 6.07 Å². The van der Waals surface area contributed by atoms with Gasteiger partial charge in [0.2, 0.25) is 0 Å². The van der Waals surface area contributed by atoms with Gasteiger partial charge < -0.3 is 9.84 Å². The Morgan fingerprint density at radius 3 is 2.58 bits per heavy atom. The third kappa shape index (κ3) is 5.04. The van der Waals surface area contributed by atoms with E-state index in [9.17, 15) is 23.6 Å². The van der Waals surface area contributed by atoms with Gasteiger partial charge >= 0.3 is 12.1 Å². The van der Waals surface area contributed by atoms with Gasteiger partial charge in [-0.05, 0) is 5.56 Å². The maximum atomic E-state index is 12.7. The number of halogens is 1. The highest BCUT2D eigenvalue weighted by molar-refractivity contribution is 8.00. The summed E-state index contributed by atoms with van der Waals surface area (Å²) >= 11 is 1.10. The van der Waals surface area contributed by atoms with Crippen molar-refractivity contribution < 1.29 is 33.4 Å². The summed E-state index contributed by atoms with van der Waals surface area (Å²) in [5.74, 6) is -4.44. The number of hydrogen-bond acceptors (Lipinski definition) is 6. The van der Waals surface area contributed by atoms with Crippen LogP contribution in [0.4, 0.5) is 9.18 Å². The summed E-state index contributed by atoms with van der Waals surface area (Å²) < 4.78 is 17.9. The van der Waals surface area contributed by atoms with Crippen molar-refractivity contribution in [2.24, 2.45) is 5.92 Å². The monoisotopic (exact) mass is 383 g/mol. The number of ketones is 2. The van der Waals surface area contributed by atoms with Crippen molar-refractivity contribution in [1.29, 1.82) is 0 Å². The normalized spacial score (nSPS) is 17.6. The molecule has 0 aromatic heterocycles. The van der Waals surface area contributed by atoms with Gasteiger partial charge in [-0.3, -0.25) is 19.3 Å². The van der Waals surface area contributed by atoms with Crippen LogP contribution in [0.2, 0.25) is 0 Å². The van der Waals surface area contributed by atoms with Gasteiger partial charge in [0.05, 0.1) is 12.3 Å². The van der Waals surface area contributed by atoms with Gasteiger partial charge in [-0.15, -0.1) is 11.8 Å². The molecule has 9 heteroatoms. The number of ether oxygens (including phenoxy) is 1. The molecule has 1 aliphatic heterocycles. The number of hydrogen-bond donors (Lipinski definition) is 1. The average molecular weight is 383 g/mol. The van der Waals surface area contributed by atoms with Crippen molar-refractivity contribution in [3.8, 4) is 0 Å². The van der Waals surface area contributed by atoms with E-state index in [1.165, 1.54) is 0 Å². The Kier molecular flexibility index (Phi) is 7.14. The number of carboxylic acids is 1. The summed E-state index contributed by atoms with van der Waals surface area (Å²) in [5, 5.41) is 7.81. The molecule has 1 fully saturated rings. The van der Waals surface area contributed by atoms with Gasteiger partial charge in [-0.2, -0.15) is 0 Å². The van der Waals surface area contributed by atoms with Gasteiger partial charge in [0.15, 0.2) is 11.6 Å². The van der Waals surface area contributed by atoms with Crippen LogP contribution in [0.25, 0.3) is 0 Å². The molecule has 1 aliphatic rings. The molecule has 0 spiro atoms. The molecular formula is C17H18FNO6S. The molecule has 0 aliphatic carbocycles. The fourth-order valence-corrected chi connectivity index (χ4v) is 3.73. The van der Waals surface area contributed by atoms with Crippen LogP contribution < -0.4 is 0 Å². The molecule has 140 valence electrons. The Morgan fingerprint density at radius 2 is 1.96 bits per heavy atom. The number of carboxylic acid groups (broad SMARTS) is 1. The van der Waals surface area contributed by atoms with Crippen molar-refractivity contribution >= 4 is 35.4 Å². The fraction of sp³-hybridized carbons (Fsp3) is 0.412. The summed E-state index contributed by atoms with van der Waals surface area (Å²) in [6, 6.07) is 8.96. The van der Waals surface area contributed by atoms with E-state index in [2.05, 4.69) is 0 Å². The molecule has 1 aromatic carbocycles. The van der Waals surface area contributed by atoms with Gasteiger partial charge in [0, 0.05) is 12.3 Å². The van der Waals surface area contributed by atoms with Gasteiger partial charge in [0.1, 0.15) is 18.7 Å². The molecule has 1 N–H and O–H groups in total. The van der Waals surface area contributed by atoms with Gasteiger partial charge in [0.25, 0.3) is 0 Å². The molecule has 1 heterocycles.